The smallest absolute Gasteiger partial charge is 0.245 e. The van der Waals surface area contributed by atoms with Gasteiger partial charge in [-0.05, 0) is 25.1 Å². The van der Waals surface area contributed by atoms with Crippen molar-refractivity contribution in [1.82, 2.24) is 10.1 Å². The molecule has 0 aliphatic rings. The monoisotopic (exact) mass is 229 g/mol. The molecule has 17 heavy (non-hydrogen) atoms. The van der Waals surface area contributed by atoms with Crippen molar-refractivity contribution in [3.8, 4) is 6.07 Å². The molecule has 0 unspecified atom stereocenters. The lowest BCUT2D eigenvalue weighted by Crippen LogP contribution is -2.01. The fourth-order valence-electron chi connectivity index (χ4n) is 1.36. The predicted octanol–water partition coefficient (Wildman–Crippen LogP) is 1.44. The molecule has 86 valence electrons. The van der Waals surface area contributed by atoms with Crippen molar-refractivity contribution in [2.45, 2.75) is 13.5 Å². The Kier molecular flexibility index (Phi) is 2.92. The molecule has 1 heterocycles. The highest BCUT2D eigenvalue weighted by Gasteiger charge is 2.03. The number of hydrogen-bond donors (Lipinski definition) is 2. The van der Waals surface area contributed by atoms with Gasteiger partial charge in [0.25, 0.3) is 0 Å². The van der Waals surface area contributed by atoms with Crippen LogP contribution in [0.2, 0.25) is 0 Å². The molecule has 0 saturated carbocycles. The number of benzene rings is 1. The highest BCUT2D eigenvalue weighted by molar-refractivity contribution is 5.62. The van der Waals surface area contributed by atoms with Gasteiger partial charge in [-0.1, -0.05) is 5.16 Å². The summed E-state index contributed by atoms with van der Waals surface area (Å²) in [7, 11) is 0. The first-order chi connectivity index (χ1) is 8.19. The van der Waals surface area contributed by atoms with Crippen LogP contribution in [0, 0.1) is 18.3 Å². The number of hydrogen-bond acceptors (Lipinski definition) is 6. The predicted molar refractivity (Wildman–Crippen MR) is 61.9 cm³/mol. The van der Waals surface area contributed by atoms with Crippen LogP contribution in [-0.4, -0.2) is 10.1 Å². The van der Waals surface area contributed by atoms with Gasteiger partial charge in [-0.2, -0.15) is 10.2 Å². The van der Waals surface area contributed by atoms with E-state index in [0.29, 0.717) is 29.5 Å². The van der Waals surface area contributed by atoms with E-state index in [2.05, 4.69) is 15.5 Å². The summed E-state index contributed by atoms with van der Waals surface area (Å²) < 4.78 is 4.95. The third-order valence-electron chi connectivity index (χ3n) is 2.19. The van der Waals surface area contributed by atoms with Crippen LogP contribution in [0.3, 0.4) is 0 Å². The highest BCUT2D eigenvalue weighted by atomic mass is 16.5. The van der Waals surface area contributed by atoms with Gasteiger partial charge in [-0.15, -0.1) is 0 Å². The average Bonchev–Trinajstić information content (AvgIpc) is 2.73. The molecule has 3 N–H and O–H groups in total. The number of nitrogens with zero attached hydrogens (tertiary/aromatic N) is 3. The zero-order chi connectivity index (χ0) is 12.3. The number of nitriles is 1. The van der Waals surface area contributed by atoms with Gasteiger partial charge in [0, 0.05) is 5.69 Å². The average molecular weight is 229 g/mol. The van der Waals surface area contributed by atoms with Crippen LogP contribution in [0.1, 0.15) is 17.3 Å². The molecule has 0 atom stereocenters. The number of anilines is 2. The molecule has 0 aliphatic heterocycles. The van der Waals surface area contributed by atoms with Crippen molar-refractivity contribution in [3.05, 3.63) is 35.5 Å². The maximum absolute atomic E-state index is 8.74. The van der Waals surface area contributed by atoms with Gasteiger partial charge >= 0.3 is 0 Å². The van der Waals surface area contributed by atoms with Gasteiger partial charge in [0.15, 0.2) is 5.82 Å². The number of aromatic nitrogens is 2. The molecule has 0 bridgehead atoms. The second-order valence-electron chi connectivity index (χ2n) is 3.50. The van der Waals surface area contributed by atoms with Crippen LogP contribution in [0.4, 0.5) is 11.4 Å². The SMILES string of the molecule is Cc1noc(CNc2ccc(C#N)c(N)c2)n1. The van der Waals surface area contributed by atoms with E-state index < -0.39 is 0 Å². The summed E-state index contributed by atoms with van der Waals surface area (Å²) in [6.07, 6.45) is 0. The minimum Gasteiger partial charge on any atom is -0.398 e. The van der Waals surface area contributed by atoms with E-state index in [0.717, 1.165) is 5.69 Å². The van der Waals surface area contributed by atoms with Crippen molar-refractivity contribution in [2.24, 2.45) is 0 Å². The summed E-state index contributed by atoms with van der Waals surface area (Å²) in [4.78, 5) is 4.06. The molecule has 2 rings (SSSR count). The third kappa shape index (κ3) is 2.52. The largest absolute Gasteiger partial charge is 0.398 e. The first-order valence-corrected chi connectivity index (χ1v) is 5.01. The second kappa shape index (κ2) is 4.53. The van der Waals surface area contributed by atoms with Gasteiger partial charge in [-0.3, -0.25) is 0 Å². The van der Waals surface area contributed by atoms with Crippen LogP contribution in [0.15, 0.2) is 22.7 Å². The Bertz CT molecular complexity index is 569. The van der Waals surface area contributed by atoms with E-state index in [9.17, 15) is 0 Å². The molecular weight excluding hydrogens is 218 g/mol. The molecule has 2 aromatic rings. The van der Waals surface area contributed by atoms with Crippen LogP contribution < -0.4 is 11.1 Å². The Balaban J connectivity index is 2.05. The van der Waals surface area contributed by atoms with E-state index in [1.54, 1.807) is 25.1 Å². The van der Waals surface area contributed by atoms with Gasteiger partial charge in [-0.25, -0.2) is 0 Å². The van der Waals surface area contributed by atoms with Gasteiger partial charge in [0.2, 0.25) is 5.89 Å². The Morgan fingerprint density at radius 3 is 2.94 bits per heavy atom. The summed E-state index contributed by atoms with van der Waals surface area (Å²) in [6.45, 7) is 2.18. The molecule has 0 saturated heterocycles. The lowest BCUT2D eigenvalue weighted by molar-refractivity contribution is 0.379. The molecule has 0 fully saturated rings. The Morgan fingerprint density at radius 2 is 2.35 bits per heavy atom. The van der Waals surface area contributed by atoms with Crippen molar-refractivity contribution in [1.29, 1.82) is 5.26 Å². The Labute approximate surface area is 98.1 Å². The lowest BCUT2D eigenvalue weighted by atomic mass is 10.2. The van der Waals surface area contributed by atoms with Crippen LogP contribution >= 0.6 is 0 Å². The van der Waals surface area contributed by atoms with E-state index in [1.807, 2.05) is 6.07 Å². The maximum Gasteiger partial charge on any atom is 0.245 e. The molecule has 0 radical (unpaired) electrons. The van der Waals surface area contributed by atoms with Crippen molar-refractivity contribution in [2.75, 3.05) is 11.1 Å². The number of nitrogen functional groups attached to an aromatic ring is 1. The van der Waals surface area contributed by atoms with E-state index in [-0.39, 0.29) is 0 Å². The number of nitrogens with one attached hydrogen (secondary N) is 1. The number of nitrogens with two attached hydrogens (primary N) is 1. The van der Waals surface area contributed by atoms with Gasteiger partial charge in [0.1, 0.15) is 6.07 Å². The third-order valence-corrected chi connectivity index (χ3v) is 2.19. The molecular formula is C11H11N5O. The standard InChI is InChI=1S/C11H11N5O/c1-7-15-11(17-16-7)6-14-9-3-2-8(5-12)10(13)4-9/h2-4,14H,6,13H2,1H3. The van der Waals surface area contributed by atoms with Gasteiger partial charge in [0.05, 0.1) is 17.8 Å². The van der Waals surface area contributed by atoms with E-state index in [1.165, 1.54) is 0 Å². The fourth-order valence-corrected chi connectivity index (χ4v) is 1.36. The van der Waals surface area contributed by atoms with Crippen LogP contribution in [0.25, 0.3) is 0 Å². The van der Waals surface area contributed by atoms with Gasteiger partial charge < -0.3 is 15.6 Å². The van der Waals surface area contributed by atoms with Crippen LogP contribution in [-0.2, 0) is 6.54 Å². The van der Waals surface area contributed by atoms with Crippen LogP contribution in [0.5, 0.6) is 0 Å². The first-order valence-electron chi connectivity index (χ1n) is 5.01. The summed E-state index contributed by atoms with van der Waals surface area (Å²) in [5, 5.41) is 15.5. The fraction of sp³-hybridized carbons (Fsp3) is 0.182. The second-order valence-corrected chi connectivity index (χ2v) is 3.50. The Hall–Kier alpha value is -2.55. The summed E-state index contributed by atoms with van der Waals surface area (Å²) in [5.41, 5.74) is 7.40. The lowest BCUT2D eigenvalue weighted by Gasteiger charge is -2.05. The highest BCUT2D eigenvalue weighted by Crippen LogP contribution is 2.17. The Morgan fingerprint density at radius 1 is 1.53 bits per heavy atom. The molecule has 0 spiro atoms. The summed E-state index contributed by atoms with van der Waals surface area (Å²) >= 11 is 0. The summed E-state index contributed by atoms with van der Waals surface area (Å²) in [6, 6.07) is 7.14. The molecule has 6 nitrogen and oxygen atoms in total. The topological polar surface area (TPSA) is 101 Å². The number of rotatable bonds is 3. The zero-order valence-electron chi connectivity index (χ0n) is 9.27. The van der Waals surface area contributed by atoms with Crippen molar-refractivity contribution in [3.63, 3.8) is 0 Å². The molecule has 0 amide bonds. The molecule has 6 heteroatoms. The first kappa shape index (κ1) is 11.0. The number of aryl methyl sites for hydroxylation is 1. The quantitative estimate of drug-likeness (QED) is 0.772. The van der Waals surface area contributed by atoms with Crippen molar-refractivity contribution >= 4 is 11.4 Å². The minimum absolute atomic E-state index is 0.423. The van der Waals surface area contributed by atoms with E-state index in [4.69, 9.17) is 15.5 Å². The molecule has 1 aromatic heterocycles. The summed E-state index contributed by atoms with van der Waals surface area (Å²) in [5.74, 6) is 1.10. The zero-order valence-corrected chi connectivity index (χ0v) is 9.27. The van der Waals surface area contributed by atoms with E-state index >= 15 is 0 Å². The van der Waals surface area contributed by atoms with Crippen molar-refractivity contribution < 1.29 is 4.52 Å². The normalized spacial score (nSPS) is 9.88. The molecule has 1 aromatic carbocycles. The molecule has 0 aliphatic carbocycles. The maximum atomic E-state index is 8.74. The minimum atomic E-state index is 0.423.